The fourth-order valence-corrected chi connectivity index (χ4v) is 1.75. The highest BCUT2D eigenvalue weighted by atomic mass is 32.2. The Kier molecular flexibility index (Phi) is 2.53. The lowest BCUT2D eigenvalue weighted by Gasteiger charge is -2.08. The summed E-state index contributed by atoms with van der Waals surface area (Å²) < 4.78 is 61.9. The first kappa shape index (κ1) is 11.8. The van der Waals surface area contributed by atoms with Crippen molar-refractivity contribution in [2.24, 2.45) is 0 Å². The summed E-state index contributed by atoms with van der Waals surface area (Å²) in [5.74, 6) is -0.377. The van der Waals surface area contributed by atoms with Crippen molar-refractivity contribution in [1.82, 2.24) is 4.98 Å². The molecule has 0 atom stereocenters. The van der Waals surface area contributed by atoms with Crippen LogP contribution in [0.1, 0.15) is 0 Å². The van der Waals surface area contributed by atoms with Crippen molar-refractivity contribution < 1.29 is 25.8 Å². The summed E-state index contributed by atoms with van der Waals surface area (Å²) in [6.07, 6.45) is 1.06. The van der Waals surface area contributed by atoms with E-state index in [-0.39, 0.29) is 11.1 Å². The van der Waals surface area contributed by atoms with Crippen LogP contribution in [-0.4, -0.2) is 18.9 Å². The van der Waals surface area contributed by atoms with Crippen molar-refractivity contribution in [3.05, 3.63) is 30.5 Å². The zero-order valence-corrected chi connectivity index (χ0v) is 8.97. The maximum absolute atomic E-state index is 12.1. The van der Waals surface area contributed by atoms with E-state index in [0.717, 1.165) is 6.20 Å². The standard InChI is InChI=1S/C9H6F3NO3S/c10-9(11,12)17(14,15)16-8-5-13-7-4-2-1-3-6(7)8/h1-5,13H. The zero-order chi connectivity index (χ0) is 12.7. The third-order valence-corrected chi connectivity index (χ3v) is 3.00. The average Bonchev–Trinajstić information content (AvgIpc) is 2.60. The van der Waals surface area contributed by atoms with Crippen LogP contribution in [0.25, 0.3) is 10.9 Å². The molecule has 1 N–H and O–H groups in total. The molecule has 0 bridgehead atoms. The first-order chi connectivity index (χ1) is 7.81. The number of alkyl halides is 3. The van der Waals surface area contributed by atoms with Gasteiger partial charge in [0.15, 0.2) is 5.75 Å². The highest BCUT2D eigenvalue weighted by molar-refractivity contribution is 7.88. The molecule has 17 heavy (non-hydrogen) atoms. The first-order valence-electron chi connectivity index (χ1n) is 4.38. The van der Waals surface area contributed by atoms with E-state index < -0.39 is 15.6 Å². The molecule has 0 aliphatic rings. The van der Waals surface area contributed by atoms with E-state index in [1.54, 1.807) is 18.2 Å². The molecular formula is C9H6F3NO3S. The van der Waals surface area contributed by atoms with Gasteiger partial charge in [-0.25, -0.2) is 0 Å². The van der Waals surface area contributed by atoms with Gasteiger partial charge in [-0.05, 0) is 12.1 Å². The molecule has 92 valence electrons. The minimum Gasteiger partial charge on any atom is -0.374 e. The van der Waals surface area contributed by atoms with Crippen LogP contribution < -0.4 is 4.18 Å². The summed E-state index contributed by atoms with van der Waals surface area (Å²) >= 11 is 0. The number of hydrogen-bond acceptors (Lipinski definition) is 3. The monoisotopic (exact) mass is 265 g/mol. The maximum atomic E-state index is 12.1. The Balaban J connectivity index is 2.44. The summed E-state index contributed by atoms with van der Waals surface area (Å²) in [6, 6.07) is 6.25. The van der Waals surface area contributed by atoms with E-state index in [4.69, 9.17) is 0 Å². The molecular weight excluding hydrogens is 259 g/mol. The summed E-state index contributed by atoms with van der Waals surface area (Å²) in [7, 11) is -5.63. The molecule has 1 heterocycles. The van der Waals surface area contributed by atoms with Gasteiger partial charge in [-0.2, -0.15) is 21.6 Å². The van der Waals surface area contributed by atoms with Gasteiger partial charge in [0, 0.05) is 17.1 Å². The zero-order valence-electron chi connectivity index (χ0n) is 8.15. The van der Waals surface area contributed by atoms with Crippen LogP contribution in [0, 0.1) is 0 Å². The smallest absolute Gasteiger partial charge is 0.374 e. The average molecular weight is 265 g/mol. The maximum Gasteiger partial charge on any atom is 0.534 e. The van der Waals surface area contributed by atoms with Crippen molar-refractivity contribution in [1.29, 1.82) is 0 Å². The van der Waals surface area contributed by atoms with Gasteiger partial charge in [-0.1, -0.05) is 12.1 Å². The van der Waals surface area contributed by atoms with Gasteiger partial charge in [-0.15, -0.1) is 0 Å². The van der Waals surface area contributed by atoms with Gasteiger partial charge in [0.05, 0.1) is 0 Å². The molecule has 1 aromatic heterocycles. The normalized spacial score (nSPS) is 12.9. The van der Waals surface area contributed by atoms with E-state index >= 15 is 0 Å². The summed E-state index contributed by atoms with van der Waals surface area (Å²) in [6.45, 7) is 0. The lowest BCUT2D eigenvalue weighted by molar-refractivity contribution is -0.0499. The number of halogens is 3. The number of aromatic nitrogens is 1. The second-order valence-corrected chi connectivity index (χ2v) is 4.72. The second-order valence-electron chi connectivity index (χ2n) is 3.18. The molecule has 0 radical (unpaired) electrons. The number of nitrogens with one attached hydrogen (secondary N) is 1. The molecule has 0 aliphatic heterocycles. The minimum absolute atomic E-state index is 0.264. The van der Waals surface area contributed by atoms with Crippen LogP contribution in [0.3, 0.4) is 0 Å². The van der Waals surface area contributed by atoms with Crippen molar-refractivity contribution >= 4 is 21.0 Å². The summed E-state index contributed by atoms with van der Waals surface area (Å²) in [5.41, 5.74) is -4.95. The second kappa shape index (κ2) is 3.66. The Bertz CT molecular complexity index is 645. The minimum atomic E-state index is -5.63. The molecule has 4 nitrogen and oxygen atoms in total. The van der Waals surface area contributed by atoms with Crippen molar-refractivity contribution in [3.8, 4) is 5.75 Å². The van der Waals surface area contributed by atoms with Gasteiger partial charge in [0.1, 0.15) is 0 Å². The fourth-order valence-electron chi connectivity index (χ4n) is 1.28. The third-order valence-electron chi connectivity index (χ3n) is 2.03. The molecule has 0 fully saturated rings. The topological polar surface area (TPSA) is 59.2 Å². The third kappa shape index (κ3) is 2.07. The van der Waals surface area contributed by atoms with Crippen molar-refractivity contribution in [2.75, 3.05) is 0 Å². The number of para-hydroxylation sites is 1. The molecule has 0 saturated heterocycles. The Morgan fingerprint density at radius 3 is 2.47 bits per heavy atom. The predicted molar refractivity (Wildman–Crippen MR) is 53.9 cm³/mol. The summed E-state index contributed by atoms with van der Waals surface area (Å²) in [5, 5.41) is 0.264. The molecule has 0 amide bonds. The molecule has 0 spiro atoms. The van der Waals surface area contributed by atoms with Crippen LogP contribution >= 0.6 is 0 Å². The molecule has 0 unspecified atom stereocenters. The Morgan fingerprint density at radius 1 is 1.18 bits per heavy atom. The quantitative estimate of drug-likeness (QED) is 0.670. The Labute approximate surface area is 94.1 Å². The lowest BCUT2D eigenvalue weighted by atomic mass is 10.2. The van der Waals surface area contributed by atoms with Crippen LogP contribution in [0.5, 0.6) is 5.75 Å². The van der Waals surface area contributed by atoms with Crippen LogP contribution in [0.4, 0.5) is 13.2 Å². The molecule has 0 saturated carbocycles. The molecule has 1 aromatic carbocycles. The van der Waals surface area contributed by atoms with Crippen molar-refractivity contribution in [3.63, 3.8) is 0 Å². The largest absolute Gasteiger partial charge is 0.534 e. The Hall–Kier alpha value is -1.70. The predicted octanol–water partition coefficient (Wildman–Crippen LogP) is 2.40. The van der Waals surface area contributed by atoms with E-state index in [0.29, 0.717) is 5.52 Å². The molecule has 2 aromatic rings. The number of hydrogen-bond donors (Lipinski definition) is 1. The van der Waals surface area contributed by atoms with E-state index in [1.165, 1.54) is 6.07 Å². The fraction of sp³-hybridized carbons (Fsp3) is 0.111. The van der Waals surface area contributed by atoms with Gasteiger partial charge in [-0.3, -0.25) is 0 Å². The number of benzene rings is 1. The van der Waals surface area contributed by atoms with Crippen LogP contribution in [0.2, 0.25) is 0 Å². The van der Waals surface area contributed by atoms with Gasteiger partial charge in [0.2, 0.25) is 0 Å². The van der Waals surface area contributed by atoms with Gasteiger partial charge in [0.25, 0.3) is 0 Å². The highest BCUT2D eigenvalue weighted by Gasteiger charge is 2.48. The van der Waals surface area contributed by atoms with Crippen LogP contribution in [-0.2, 0) is 10.1 Å². The number of aromatic amines is 1. The molecule has 2 rings (SSSR count). The summed E-state index contributed by atoms with van der Waals surface area (Å²) in [4.78, 5) is 2.61. The van der Waals surface area contributed by atoms with E-state index in [9.17, 15) is 21.6 Å². The van der Waals surface area contributed by atoms with Gasteiger partial charge < -0.3 is 9.17 Å². The van der Waals surface area contributed by atoms with Crippen LogP contribution in [0.15, 0.2) is 30.5 Å². The van der Waals surface area contributed by atoms with E-state index in [1.807, 2.05) is 0 Å². The van der Waals surface area contributed by atoms with E-state index in [2.05, 4.69) is 9.17 Å². The first-order valence-corrected chi connectivity index (χ1v) is 5.79. The molecule has 0 aliphatic carbocycles. The Morgan fingerprint density at radius 2 is 1.82 bits per heavy atom. The highest BCUT2D eigenvalue weighted by Crippen LogP contribution is 2.31. The molecule has 8 heteroatoms. The lowest BCUT2D eigenvalue weighted by Crippen LogP contribution is -2.27. The number of rotatable bonds is 2. The number of H-pyrrole nitrogens is 1. The number of fused-ring (bicyclic) bond motifs is 1. The van der Waals surface area contributed by atoms with Crippen molar-refractivity contribution in [2.45, 2.75) is 5.51 Å². The SMILES string of the molecule is O=S(=O)(Oc1c[nH]c2ccccc12)C(F)(F)F. The van der Waals surface area contributed by atoms with Gasteiger partial charge >= 0.3 is 15.6 Å².